The molecule has 1 aromatic heterocycles. The van der Waals surface area contributed by atoms with E-state index in [2.05, 4.69) is 15.3 Å². The van der Waals surface area contributed by atoms with E-state index in [1.807, 2.05) is 48.5 Å². The molecule has 1 N–H and O–H groups in total. The fourth-order valence-electron chi connectivity index (χ4n) is 2.33. The Labute approximate surface area is 151 Å². The number of aromatic nitrogens is 2. The van der Waals surface area contributed by atoms with Crippen LogP contribution in [-0.4, -0.2) is 27.8 Å². The van der Waals surface area contributed by atoms with Crippen LogP contribution < -0.4 is 5.32 Å². The maximum atomic E-state index is 12.5. The Kier molecular flexibility index (Phi) is 5.26. The van der Waals surface area contributed by atoms with Gasteiger partial charge in [-0.15, -0.1) is 0 Å². The van der Waals surface area contributed by atoms with Crippen molar-refractivity contribution in [1.29, 1.82) is 0 Å². The van der Waals surface area contributed by atoms with Crippen LogP contribution in [0.4, 0.5) is 11.5 Å². The second kappa shape index (κ2) is 7.77. The number of carbonyl (C=O) groups excluding carboxylic acids is 1. The topological polar surface area (TPSA) is 58.1 Å². The van der Waals surface area contributed by atoms with Gasteiger partial charge in [-0.25, -0.2) is 9.97 Å². The number of para-hydroxylation sites is 1. The summed E-state index contributed by atoms with van der Waals surface area (Å²) in [7, 11) is 1.74. The van der Waals surface area contributed by atoms with E-state index >= 15 is 0 Å². The number of hydrogen-bond acceptors (Lipinski definition) is 4. The van der Waals surface area contributed by atoms with Crippen LogP contribution >= 0.6 is 11.6 Å². The number of halogens is 1. The fourth-order valence-corrected chi connectivity index (χ4v) is 2.51. The zero-order chi connectivity index (χ0) is 17.6. The molecule has 6 heteroatoms. The average molecular weight is 353 g/mol. The highest BCUT2D eigenvalue weighted by Gasteiger charge is 2.14. The molecule has 0 atom stereocenters. The minimum atomic E-state index is -0.180. The molecule has 5 nitrogen and oxygen atoms in total. The van der Waals surface area contributed by atoms with Crippen molar-refractivity contribution in [2.24, 2.45) is 0 Å². The highest BCUT2D eigenvalue weighted by atomic mass is 35.5. The van der Waals surface area contributed by atoms with Gasteiger partial charge >= 0.3 is 0 Å². The highest BCUT2D eigenvalue weighted by molar-refractivity contribution is 6.33. The molecule has 0 aliphatic carbocycles. The predicted octanol–water partition coefficient (Wildman–Crippen LogP) is 4.15. The Morgan fingerprint density at radius 2 is 1.76 bits per heavy atom. The number of hydrogen-bond donors (Lipinski definition) is 1. The molecular weight excluding hydrogens is 336 g/mol. The second-order valence-electron chi connectivity index (χ2n) is 5.54. The summed E-state index contributed by atoms with van der Waals surface area (Å²) < 4.78 is 0. The summed E-state index contributed by atoms with van der Waals surface area (Å²) in [5.74, 6) is 0.344. The van der Waals surface area contributed by atoms with Crippen molar-refractivity contribution in [3.05, 3.63) is 83.3 Å². The van der Waals surface area contributed by atoms with Gasteiger partial charge in [0, 0.05) is 13.6 Å². The summed E-state index contributed by atoms with van der Waals surface area (Å²) in [4.78, 5) is 22.5. The van der Waals surface area contributed by atoms with Gasteiger partial charge in [-0.1, -0.05) is 54.1 Å². The molecule has 0 unspecified atom stereocenters. The van der Waals surface area contributed by atoms with Crippen LogP contribution in [-0.2, 0) is 6.54 Å². The Morgan fingerprint density at radius 3 is 2.44 bits per heavy atom. The SMILES string of the molecule is CN(Cc1ccccc1)C(=O)c1cnc(Nc2ccccc2Cl)cn1. The van der Waals surface area contributed by atoms with Crippen molar-refractivity contribution < 1.29 is 4.79 Å². The van der Waals surface area contributed by atoms with E-state index < -0.39 is 0 Å². The third-order valence-corrected chi connectivity index (χ3v) is 3.95. The maximum Gasteiger partial charge on any atom is 0.274 e. The Morgan fingerprint density at radius 1 is 1.04 bits per heavy atom. The fraction of sp³-hybridized carbons (Fsp3) is 0.105. The third kappa shape index (κ3) is 4.33. The Bertz CT molecular complexity index is 853. The molecule has 1 amide bonds. The van der Waals surface area contributed by atoms with Gasteiger partial charge < -0.3 is 10.2 Å². The quantitative estimate of drug-likeness (QED) is 0.749. The molecule has 0 spiro atoms. The van der Waals surface area contributed by atoms with Gasteiger partial charge in [0.15, 0.2) is 0 Å². The molecule has 25 heavy (non-hydrogen) atoms. The molecular formula is C19H17ClN4O. The van der Waals surface area contributed by atoms with Crippen LogP contribution in [0.3, 0.4) is 0 Å². The number of anilines is 2. The van der Waals surface area contributed by atoms with Crippen molar-refractivity contribution in [3.63, 3.8) is 0 Å². The third-order valence-electron chi connectivity index (χ3n) is 3.62. The molecule has 0 fully saturated rings. The molecule has 0 aliphatic rings. The lowest BCUT2D eigenvalue weighted by atomic mass is 10.2. The molecule has 1 heterocycles. The van der Waals surface area contributed by atoms with E-state index in [0.717, 1.165) is 11.3 Å². The monoisotopic (exact) mass is 352 g/mol. The molecule has 3 rings (SSSR count). The lowest BCUT2D eigenvalue weighted by Gasteiger charge is -2.16. The van der Waals surface area contributed by atoms with Gasteiger partial charge in [0.25, 0.3) is 5.91 Å². The van der Waals surface area contributed by atoms with Crippen molar-refractivity contribution >= 4 is 29.0 Å². The first kappa shape index (κ1) is 16.9. The van der Waals surface area contributed by atoms with Gasteiger partial charge in [-0.05, 0) is 17.7 Å². The zero-order valence-electron chi connectivity index (χ0n) is 13.7. The molecule has 0 saturated heterocycles. The van der Waals surface area contributed by atoms with Crippen LogP contribution in [0, 0.1) is 0 Å². The number of amides is 1. The van der Waals surface area contributed by atoms with E-state index in [9.17, 15) is 4.79 Å². The summed E-state index contributed by atoms with van der Waals surface area (Å²) in [5, 5.41) is 3.67. The normalized spacial score (nSPS) is 10.3. The molecule has 0 bridgehead atoms. The van der Waals surface area contributed by atoms with E-state index in [4.69, 9.17) is 11.6 Å². The summed E-state index contributed by atoms with van der Waals surface area (Å²) in [6.45, 7) is 0.515. The number of nitrogens with zero attached hydrogens (tertiary/aromatic N) is 3. The van der Waals surface area contributed by atoms with Crippen LogP contribution in [0.25, 0.3) is 0 Å². The first-order chi connectivity index (χ1) is 12.1. The molecule has 0 aliphatic heterocycles. The predicted molar refractivity (Wildman–Crippen MR) is 99.0 cm³/mol. The average Bonchev–Trinajstić information content (AvgIpc) is 2.64. The highest BCUT2D eigenvalue weighted by Crippen LogP contribution is 2.23. The van der Waals surface area contributed by atoms with Crippen LogP contribution in [0.1, 0.15) is 16.1 Å². The first-order valence-corrected chi connectivity index (χ1v) is 8.14. The number of benzene rings is 2. The molecule has 0 saturated carbocycles. The van der Waals surface area contributed by atoms with Gasteiger partial charge in [0.05, 0.1) is 23.1 Å². The van der Waals surface area contributed by atoms with Gasteiger partial charge in [-0.2, -0.15) is 0 Å². The Balaban J connectivity index is 1.67. The molecule has 2 aromatic carbocycles. The van der Waals surface area contributed by atoms with E-state index in [0.29, 0.717) is 23.1 Å². The van der Waals surface area contributed by atoms with Crippen LogP contribution in [0.15, 0.2) is 67.0 Å². The lowest BCUT2D eigenvalue weighted by molar-refractivity contribution is 0.0779. The number of rotatable bonds is 5. The van der Waals surface area contributed by atoms with Gasteiger partial charge in [0.1, 0.15) is 11.5 Å². The van der Waals surface area contributed by atoms with E-state index in [-0.39, 0.29) is 5.91 Å². The number of nitrogens with one attached hydrogen (secondary N) is 1. The standard InChI is InChI=1S/C19H17ClN4O/c1-24(13-14-7-3-2-4-8-14)19(25)17-11-22-18(12-21-17)23-16-10-6-5-9-15(16)20/h2-12H,13H2,1H3,(H,22,23). The van der Waals surface area contributed by atoms with Crippen LogP contribution in [0.2, 0.25) is 5.02 Å². The van der Waals surface area contributed by atoms with E-state index in [1.165, 1.54) is 12.4 Å². The minimum Gasteiger partial charge on any atom is -0.338 e. The maximum absolute atomic E-state index is 12.5. The molecule has 3 aromatic rings. The smallest absolute Gasteiger partial charge is 0.274 e. The van der Waals surface area contributed by atoms with Crippen molar-refractivity contribution in [2.75, 3.05) is 12.4 Å². The molecule has 126 valence electrons. The summed E-state index contributed by atoms with van der Waals surface area (Å²) in [6.07, 6.45) is 2.98. The zero-order valence-corrected chi connectivity index (χ0v) is 14.4. The summed E-state index contributed by atoms with van der Waals surface area (Å²) >= 11 is 6.10. The first-order valence-electron chi connectivity index (χ1n) is 7.76. The lowest BCUT2D eigenvalue weighted by Crippen LogP contribution is -2.27. The van der Waals surface area contributed by atoms with Crippen molar-refractivity contribution in [1.82, 2.24) is 14.9 Å². The second-order valence-corrected chi connectivity index (χ2v) is 5.95. The van der Waals surface area contributed by atoms with Crippen molar-refractivity contribution in [2.45, 2.75) is 6.54 Å². The largest absolute Gasteiger partial charge is 0.338 e. The van der Waals surface area contributed by atoms with Crippen LogP contribution in [0.5, 0.6) is 0 Å². The summed E-state index contributed by atoms with van der Waals surface area (Å²) in [6, 6.07) is 17.1. The molecule has 0 radical (unpaired) electrons. The minimum absolute atomic E-state index is 0.180. The van der Waals surface area contributed by atoms with Gasteiger partial charge in [-0.3, -0.25) is 4.79 Å². The van der Waals surface area contributed by atoms with E-state index in [1.54, 1.807) is 18.0 Å². The Hall–Kier alpha value is -2.92. The summed E-state index contributed by atoms with van der Waals surface area (Å²) in [5.41, 5.74) is 2.09. The van der Waals surface area contributed by atoms with Gasteiger partial charge in [0.2, 0.25) is 0 Å². The number of carbonyl (C=O) groups is 1. The van der Waals surface area contributed by atoms with Crippen molar-refractivity contribution in [3.8, 4) is 0 Å².